The number of rotatable bonds is 10. The Kier molecular flexibility index (Phi) is 8.46. The van der Waals surface area contributed by atoms with Crippen LogP contribution in [0.4, 0.5) is 0 Å². The van der Waals surface area contributed by atoms with Crippen molar-refractivity contribution in [2.75, 3.05) is 45.9 Å². The van der Waals surface area contributed by atoms with Gasteiger partial charge in [-0.1, -0.05) is 13.8 Å². The van der Waals surface area contributed by atoms with Crippen molar-refractivity contribution in [1.82, 2.24) is 19.1 Å². The summed E-state index contributed by atoms with van der Waals surface area (Å²) in [6.45, 7) is 8.62. The number of aromatic nitrogens is 1. The zero-order valence-corrected chi connectivity index (χ0v) is 20.1. The second-order valence-corrected chi connectivity index (χ2v) is 9.77. The average molecular weight is 481 g/mol. The van der Waals surface area contributed by atoms with Crippen LogP contribution in [0, 0.1) is 6.92 Å². The SMILES string of the molecule is CCN(CC)S(=O)(=O)c1ccc(=O)n(CC(=O)NC[C@H](c2ccc(C)o2)N2CCOCC2)c1. The molecule has 1 aliphatic rings. The highest BCUT2D eigenvalue weighted by atomic mass is 32.2. The van der Waals surface area contributed by atoms with Crippen LogP contribution in [0.25, 0.3) is 0 Å². The van der Waals surface area contributed by atoms with Crippen LogP contribution in [-0.4, -0.2) is 74.0 Å². The Labute approximate surface area is 194 Å². The fourth-order valence-corrected chi connectivity index (χ4v) is 5.33. The minimum atomic E-state index is -3.74. The molecule has 0 saturated carbocycles. The van der Waals surface area contributed by atoms with E-state index >= 15 is 0 Å². The van der Waals surface area contributed by atoms with Crippen molar-refractivity contribution >= 4 is 15.9 Å². The molecule has 11 heteroatoms. The van der Waals surface area contributed by atoms with Crippen LogP contribution < -0.4 is 10.9 Å². The van der Waals surface area contributed by atoms with Gasteiger partial charge in [-0.25, -0.2) is 8.42 Å². The van der Waals surface area contributed by atoms with Crippen molar-refractivity contribution in [1.29, 1.82) is 0 Å². The summed E-state index contributed by atoms with van der Waals surface area (Å²) in [5.41, 5.74) is -0.449. The van der Waals surface area contributed by atoms with Gasteiger partial charge in [-0.15, -0.1) is 0 Å². The molecule has 1 saturated heterocycles. The van der Waals surface area contributed by atoms with Gasteiger partial charge in [0.25, 0.3) is 5.56 Å². The summed E-state index contributed by atoms with van der Waals surface area (Å²) in [5, 5.41) is 2.87. The largest absolute Gasteiger partial charge is 0.465 e. The topological polar surface area (TPSA) is 114 Å². The summed E-state index contributed by atoms with van der Waals surface area (Å²) in [6.07, 6.45) is 1.23. The van der Waals surface area contributed by atoms with Crippen LogP contribution in [0.2, 0.25) is 0 Å². The molecule has 1 N–H and O–H groups in total. The van der Waals surface area contributed by atoms with Gasteiger partial charge in [0, 0.05) is 45.0 Å². The number of hydrogen-bond donors (Lipinski definition) is 1. The highest BCUT2D eigenvalue weighted by molar-refractivity contribution is 7.89. The number of carbonyl (C=O) groups is 1. The lowest BCUT2D eigenvalue weighted by atomic mass is 10.1. The molecule has 2 aromatic rings. The highest BCUT2D eigenvalue weighted by Gasteiger charge is 2.26. The maximum absolute atomic E-state index is 12.8. The molecule has 182 valence electrons. The Morgan fingerprint density at radius 3 is 2.45 bits per heavy atom. The summed E-state index contributed by atoms with van der Waals surface area (Å²) in [7, 11) is -3.74. The quantitative estimate of drug-likeness (QED) is 0.539. The minimum Gasteiger partial charge on any atom is -0.465 e. The molecule has 0 aliphatic carbocycles. The summed E-state index contributed by atoms with van der Waals surface area (Å²) in [5.74, 6) is 1.14. The van der Waals surface area contributed by atoms with Gasteiger partial charge in [0.05, 0.1) is 24.2 Å². The van der Waals surface area contributed by atoms with E-state index < -0.39 is 21.5 Å². The van der Waals surface area contributed by atoms with Crippen molar-refractivity contribution in [3.8, 4) is 0 Å². The van der Waals surface area contributed by atoms with E-state index in [0.717, 1.165) is 16.1 Å². The van der Waals surface area contributed by atoms with Crippen LogP contribution in [-0.2, 0) is 26.1 Å². The second-order valence-electron chi connectivity index (χ2n) is 7.84. The highest BCUT2D eigenvalue weighted by Crippen LogP contribution is 2.23. The number of nitrogens with one attached hydrogen (secondary N) is 1. The number of carbonyl (C=O) groups excluding carboxylic acids is 1. The number of aryl methyl sites for hydroxylation is 1. The smallest absolute Gasteiger partial charge is 0.251 e. The maximum atomic E-state index is 12.8. The number of sulfonamides is 1. The fourth-order valence-electron chi connectivity index (χ4n) is 3.85. The molecule has 0 aromatic carbocycles. The van der Waals surface area contributed by atoms with Crippen LogP contribution >= 0.6 is 0 Å². The third kappa shape index (κ3) is 6.11. The lowest BCUT2D eigenvalue weighted by molar-refractivity contribution is -0.122. The van der Waals surface area contributed by atoms with E-state index in [-0.39, 0.29) is 24.0 Å². The predicted octanol–water partition coefficient (Wildman–Crippen LogP) is 0.970. The number of furan rings is 1. The number of pyridine rings is 1. The molecule has 2 aromatic heterocycles. The van der Waals surface area contributed by atoms with Gasteiger partial charge in [-0.2, -0.15) is 4.31 Å². The van der Waals surface area contributed by atoms with Gasteiger partial charge in [-0.3, -0.25) is 14.5 Å². The normalized spacial score (nSPS) is 16.1. The third-order valence-electron chi connectivity index (χ3n) is 5.68. The molecule has 0 spiro atoms. The third-order valence-corrected chi connectivity index (χ3v) is 7.72. The van der Waals surface area contributed by atoms with E-state index in [2.05, 4.69) is 10.2 Å². The molecule has 0 unspecified atom stereocenters. The fraction of sp³-hybridized carbons (Fsp3) is 0.545. The van der Waals surface area contributed by atoms with E-state index in [4.69, 9.17) is 9.15 Å². The van der Waals surface area contributed by atoms with Crippen molar-refractivity contribution in [2.24, 2.45) is 0 Å². The van der Waals surface area contributed by atoms with Crippen molar-refractivity contribution in [3.63, 3.8) is 0 Å². The molecular weight excluding hydrogens is 448 g/mol. The molecule has 3 rings (SSSR count). The Bertz CT molecular complexity index is 1100. The van der Waals surface area contributed by atoms with Gasteiger partial charge in [-0.05, 0) is 25.1 Å². The first kappa shape index (κ1) is 25.2. The number of amides is 1. The molecule has 1 aliphatic heterocycles. The first-order valence-electron chi connectivity index (χ1n) is 11.1. The van der Waals surface area contributed by atoms with E-state index in [1.807, 2.05) is 19.1 Å². The number of ether oxygens (including phenoxy) is 1. The Morgan fingerprint density at radius 2 is 1.85 bits per heavy atom. The van der Waals surface area contributed by atoms with Crippen LogP contribution in [0.5, 0.6) is 0 Å². The van der Waals surface area contributed by atoms with Gasteiger partial charge in [0.1, 0.15) is 18.1 Å². The van der Waals surface area contributed by atoms with Crippen molar-refractivity contribution < 1.29 is 22.4 Å². The lowest BCUT2D eigenvalue weighted by Crippen LogP contribution is -2.44. The Balaban J connectivity index is 1.72. The van der Waals surface area contributed by atoms with Crippen molar-refractivity contribution in [2.45, 2.75) is 38.3 Å². The summed E-state index contributed by atoms with van der Waals surface area (Å²) in [4.78, 5) is 27.1. The van der Waals surface area contributed by atoms with E-state index in [1.54, 1.807) is 13.8 Å². The second kappa shape index (κ2) is 11.1. The number of morpholine rings is 1. The molecule has 0 radical (unpaired) electrons. The van der Waals surface area contributed by atoms with Gasteiger partial charge < -0.3 is 19.0 Å². The van der Waals surface area contributed by atoms with Gasteiger partial charge >= 0.3 is 0 Å². The monoisotopic (exact) mass is 480 g/mol. The lowest BCUT2D eigenvalue weighted by Gasteiger charge is -2.33. The Hall–Kier alpha value is -2.47. The minimum absolute atomic E-state index is 0.0177. The van der Waals surface area contributed by atoms with E-state index in [0.29, 0.717) is 39.4 Å². The molecule has 1 fully saturated rings. The Morgan fingerprint density at radius 1 is 1.15 bits per heavy atom. The van der Waals surface area contributed by atoms with Crippen LogP contribution in [0.1, 0.15) is 31.4 Å². The first-order valence-corrected chi connectivity index (χ1v) is 12.6. The zero-order valence-electron chi connectivity index (χ0n) is 19.3. The van der Waals surface area contributed by atoms with E-state index in [9.17, 15) is 18.0 Å². The summed E-state index contributed by atoms with van der Waals surface area (Å²) >= 11 is 0. The zero-order chi connectivity index (χ0) is 24.0. The van der Waals surface area contributed by atoms with Crippen molar-refractivity contribution in [3.05, 3.63) is 52.3 Å². The molecule has 3 heterocycles. The summed E-state index contributed by atoms with van der Waals surface area (Å²) < 4.78 is 39.2. The molecule has 1 amide bonds. The molecular formula is C22H32N4O6S. The molecule has 1 atom stereocenters. The van der Waals surface area contributed by atoms with Crippen LogP contribution in [0.3, 0.4) is 0 Å². The standard InChI is InChI=1S/C22H32N4O6S/c1-4-26(5-2)33(29,30)18-7-9-22(28)25(15-18)16-21(27)23-14-19(20-8-6-17(3)32-20)24-10-12-31-13-11-24/h6-9,15,19H,4-5,10-14,16H2,1-3H3,(H,23,27)/t19-/m1/s1. The molecule has 33 heavy (non-hydrogen) atoms. The predicted molar refractivity (Wildman–Crippen MR) is 122 cm³/mol. The first-order chi connectivity index (χ1) is 15.8. The van der Waals surface area contributed by atoms with Gasteiger partial charge in [0.15, 0.2) is 0 Å². The van der Waals surface area contributed by atoms with E-state index in [1.165, 1.54) is 22.6 Å². The average Bonchev–Trinajstić information content (AvgIpc) is 3.22. The molecule has 10 nitrogen and oxygen atoms in total. The molecule has 0 bridgehead atoms. The number of nitrogens with zero attached hydrogens (tertiary/aromatic N) is 3. The maximum Gasteiger partial charge on any atom is 0.251 e. The van der Waals surface area contributed by atoms with Crippen LogP contribution in [0.15, 0.2) is 44.6 Å². The van der Waals surface area contributed by atoms with Gasteiger partial charge in [0.2, 0.25) is 15.9 Å². The number of hydrogen-bond acceptors (Lipinski definition) is 7. The summed E-state index contributed by atoms with van der Waals surface area (Å²) in [6, 6.07) is 6.06.